The van der Waals surface area contributed by atoms with Gasteiger partial charge in [0.1, 0.15) is 11.5 Å². The van der Waals surface area contributed by atoms with Crippen LogP contribution in [0.5, 0.6) is 11.5 Å². The predicted molar refractivity (Wildman–Crippen MR) is 62.9 cm³/mol. The Morgan fingerprint density at radius 2 is 1.56 bits per heavy atom. The molecular weight excluding hydrogens is 238 g/mol. The summed E-state index contributed by atoms with van der Waals surface area (Å²) in [6.45, 7) is 1.46. The lowest BCUT2D eigenvalue weighted by Crippen LogP contribution is -1.92. The Balaban J connectivity index is 2.18. The maximum atomic E-state index is 13.0. The van der Waals surface area contributed by atoms with E-state index in [1.165, 1.54) is 13.0 Å². The van der Waals surface area contributed by atoms with Gasteiger partial charge in [0.15, 0.2) is 17.4 Å². The first-order valence-corrected chi connectivity index (χ1v) is 5.30. The molecular formula is C14H10F2O2. The molecule has 0 aliphatic rings. The van der Waals surface area contributed by atoms with Gasteiger partial charge in [-0.25, -0.2) is 8.78 Å². The molecule has 0 spiro atoms. The summed E-state index contributed by atoms with van der Waals surface area (Å²) in [5, 5.41) is 0. The van der Waals surface area contributed by atoms with Crippen molar-refractivity contribution in [1.29, 1.82) is 0 Å². The van der Waals surface area contributed by atoms with Crippen LogP contribution in [0, 0.1) is 11.6 Å². The third-order valence-corrected chi connectivity index (χ3v) is 2.39. The molecule has 4 heteroatoms. The lowest BCUT2D eigenvalue weighted by Gasteiger charge is -2.06. The first-order valence-electron chi connectivity index (χ1n) is 5.30. The summed E-state index contributed by atoms with van der Waals surface area (Å²) in [7, 11) is 0. The van der Waals surface area contributed by atoms with Gasteiger partial charge in [0.25, 0.3) is 0 Å². The fourth-order valence-corrected chi connectivity index (χ4v) is 1.43. The number of carbonyl (C=O) groups is 1. The van der Waals surface area contributed by atoms with Crippen molar-refractivity contribution in [2.75, 3.05) is 0 Å². The van der Waals surface area contributed by atoms with Crippen LogP contribution in [0.3, 0.4) is 0 Å². The topological polar surface area (TPSA) is 26.3 Å². The van der Waals surface area contributed by atoms with E-state index in [9.17, 15) is 13.6 Å². The summed E-state index contributed by atoms with van der Waals surface area (Å²) < 4.78 is 31.0. The zero-order valence-electron chi connectivity index (χ0n) is 9.61. The summed E-state index contributed by atoms with van der Waals surface area (Å²) in [6.07, 6.45) is 0. The van der Waals surface area contributed by atoms with E-state index in [2.05, 4.69) is 0 Å². The van der Waals surface area contributed by atoms with Crippen molar-refractivity contribution in [1.82, 2.24) is 0 Å². The number of halogens is 2. The van der Waals surface area contributed by atoms with Crippen LogP contribution in [0.2, 0.25) is 0 Å². The van der Waals surface area contributed by atoms with E-state index < -0.39 is 11.6 Å². The Hall–Kier alpha value is -2.23. The van der Waals surface area contributed by atoms with Gasteiger partial charge < -0.3 is 4.74 Å². The Kier molecular flexibility index (Phi) is 3.37. The van der Waals surface area contributed by atoms with Crippen molar-refractivity contribution >= 4 is 5.78 Å². The monoisotopic (exact) mass is 248 g/mol. The number of carbonyl (C=O) groups excluding carboxylic acids is 1. The minimum absolute atomic E-state index is 0.0469. The molecule has 0 amide bonds. The van der Waals surface area contributed by atoms with Gasteiger partial charge in [0.05, 0.1) is 0 Å². The van der Waals surface area contributed by atoms with Gasteiger partial charge >= 0.3 is 0 Å². The number of Topliss-reactive ketones (excluding diaryl/α,β-unsaturated/α-hetero) is 1. The van der Waals surface area contributed by atoms with E-state index in [1.807, 2.05) is 0 Å². The number of hydrogen-bond acceptors (Lipinski definition) is 2. The smallest absolute Gasteiger partial charge is 0.162 e. The van der Waals surface area contributed by atoms with E-state index in [4.69, 9.17) is 4.74 Å². The molecule has 0 fully saturated rings. The molecule has 2 rings (SSSR count). The third kappa shape index (κ3) is 2.71. The second kappa shape index (κ2) is 4.96. The molecule has 0 aromatic heterocycles. The van der Waals surface area contributed by atoms with Gasteiger partial charge in [-0.1, -0.05) is 0 Å². The average molecular weight is 248 g/mol. The molecule has 0 heterocycles. The Morgan fingerprint density at radius 1 is 0.944 bits per heavy atom. The Bertz CT molecular complexity index is 577. The highest BCUT2D eigenvalue weighted by Crippen LogP contribution is 2.23. The number of hydrogen-bond donors (Lipinski definition) is 0. The summed E-state index contributed by atoms with van der Waals surface area (Å²) >= 11 is 0. The number of ether oxygens (including phenoxy) is 1. The van der Waals surface area contributed by atoms with E-state index in [1.54, 1.807) is 24.3 Å². The zero-order chi connectivity index (χ0) is 13.1. The SMILES string of the molecule is CC(=O)c1ccc(Oc2ccc(F)c(F)c2)cc1. The molecule has 0 N–H and O–H groups in total. The van der Waals surface area contributed by atoms with Crippen LogP contribution in [0.25, 0.3) is 0 Å². The fraction of sp³-hybridized carbons (Fsp3) is 0.0714. The summed E-state index contributed by atoms with van der Waals surface area (Å²) in [5.74, 6) is -1.29. The largest absolute Gasteiger partial charge is 0.457 e. The van der Waals surface area contributed by atoms with Crippen molar-refractivity contribution in [3.63, 3.8) is 0 Å². The van der Waals surface area contributed by atoms with Crippen LogP contribution in [-0.2, 0) is 0 Å². The van der Waals surface area contributed by atoms with Crippen molar-refractivity contribution in [2.24, 2.45) is 0 Å². The lowest BCUT2D eigenvalue weighted by molar-refractivity contribution is 0.101. The number of rotatable bonds is 3. The average Bonchev–Trinajstić information content (AvgIpc) is 2.34. The summed E-state index contributed by atoms with van der Waals surface area (Å²) in [5.41, 5.74) is 0.563. The molecule has 0 saturated carbocycles. The predicted octanol–water partition coefficient (Wildman–Crippen LogP) is 3.96. The van der Waals surface area contributed by atoms with E-state index in [0.717, 1.165) is 12.1 Å². The van der Waals surface area contributed by atoms with Crippen LogP contribution in [-0.4, -0.2) is 5.78 Å². The van der Waals surface area contributed by atoms with Crippen molar-refractivity contribution in [3.8, 4) is 11.5 Å². The van der Waals surface area contributed by atoms with E-state index >= 15 is 0 Å². The second-order valence-electron chi connectivity index (χ2n) is 3.76. The fourth-order valence-electron chi connectivity index (χ4n) is 1.43. The van der Waals surface area contributed by atoms with Gasteiger partial charge in [-0.3, -0.25) is 4.79 Å². The molecule has 0 unspecified atom stereocenters. The molecule has 18 heavy (non-hydrogen) atoms. The quantitative estimate of drug-likeness (QED) is 0.768. The van der Waals surface area contributed by atoms with Crippen molar-refractivity contribution < 1.29 is 18.3 Å². The molecule has 2 aromatic rings. The molecule has 92 valence electrons. The first-order chi connectivity index (χ1) is 8.56. The van der Waals surface area contributed by atoms with Crippen LogP contribution in [0.4, 0.5) is 8.78 Å². The van der Waals surface area contributed by atoms with Crippen molar-refractivity contribution in [3.05, 3.63) is 59.7 Å². The van der Waals surface area contributed by atoms with Crippen LogP contribution in [0.1, 0.15) is 17.3 Å². The molecule has 0 radical (unpaired) electrons. The third-order valence-electron chi connectivity index (χ3n) is 2.39. The first kappa shape index (κ1) is 12.2. The highest BCUT2D eigenvalue weighted by atomic mass is 19.2. The number of ketones is 1. The van der Waals surface area contributed by atoms with Crippen molar-refractivity contribution in [2.45, 2.75) is 6.92 Å². The Morgan fingerprint density at radius 3 is 2.11 bits per heavy atom. The molecule has 0 bridgehead atoms. The molecule has 0 saturated heterocycles. The molecule has 0 aliphatic heterocycles. The highest BCUT2D eigenvalue weighted by Gasteiger charge is 2.05. The minimum atomic E-state index is -0.965. The molecule has 0 atom stereocenters. The van der Waals surface area contributed by atoms with Gasteiger partial charge in [0.2, 0.25) is 0 Å². The van der Waals surface area contributed by atoms with Crippen LogP contribution >= 0.6 is 0 Å². The van der Waals surface area contributed by atoms with E-state index in [-0.39, 0.29) is 11.5 Å². The highest BCUT2D eigenvalue weighted by molar-refractivity contribution is 5.94. The van der Waals surface area contributed by atoms with Crippen LogP contribution < -0.4 is 4.74 Å². The molecule has 0 aliphatic carbocycles. The maximum absolute atomic E-state index is 13.0. The Labute approximate surface area is 103 Å². The zero-order valence-corrected chi connectivity index (χ0v) is 9.61. The lowest BCUT2D eigenvalue weighted by atomic mass is 10.1. The van der Waals surface area contributed by atoms with Crippen LogP contribution in [0.15, 0.2) is 42.5 Å². The summed E-state index contributed by atoms with van der Waals surface area (Å²) in [4.78, 5) is 11.1. The second-order valence-corrected chi connectivity index (χ2v) is 3.76. The van der Waals surface area contributed by atoms with E-state index in [0.29, 0.717) is 11.3 Å². The molecule has 2 nitrogen and oxygen atoms in total. The normalized spacial score (nSPS) is 10.2. The van der Waals surface area contributed by atoms with Gasteiger partial charge in [0, 0.05) is 11.6 Å². The number of benzene rings is 2. The summed E-state index contributed by atoms with van der Waals surface area (Å²) in [6, 6.07) is 9.70. The van der Waals surface area contributed by atoms with Gasteiger partial charge in [-0.2, -0.15) is 0 Å². The minimum Gasteiger partial charge on any atom is -0.457 e. The molecule has 2 aromatic carbocycles. The van der Waals surface area contributed by atoms with Gasteiger partial charge in [-0.15, -0.1) is 0 Å². The standard InChI is InChI=1S/C14H10F2O2/c1-9(17)10-2-4-11(5-3-10)18-12-6-7-13(15)14(16)8-12/h2-8H,1H3. The maximum Gasteiger partial charge on any atom is 0.162 e. The van der Waals surface area contributed by atoms with Gasteiger partial charge in [-0.05, 0) is 43.3 Å².